The van der Waals surface area contributed by atoms with Gasteiger partial charge in [-0.1, -0.05) is 5.16 Å². The fourth-order valence-electron chi connectivity index (χ4n) is 1.18. The van der Waals surface area contributed by atoms with Gasteiger partial charge in [0.05, 0.1) is 0 Å². The molecule has 1 aromatic rings. The molecule has 1 aliphatic carbocycles. The van der Waals surface area contributed by atoms with Crippen LogP contribution in [0.25, 0.3) is 0 Å². The number of primary amides is 1. The van der Waals surface area contributed by atoms with Crippen molar-refractivity contribution in [3.8, 4) is 0 Å². The highest BCUT2D eigenvalue weighted by atomic mass is 16.5. The molecule has 0 spiro atoms. The van der Waals surface area contributed by atoms with Gasteiger partial charge < -0.3 is 10.3 Å². The fraction of sp³-hybridized carbons (Fsp3) is 0.571. The van der Waals surface area contributed by atoms with Gasteiger partial charge in [-0.3, -0.25) is 4.79 Å². The Balaban J connectivity index is 2.36. The maximum absolute atomic E-state index is 11.0. The number of hydrogen-bond acceptors (Lipinski definition) is 4. The van der Waals surface area contributed by atoms with Crippen molar-refractivity contribution in [2.75, 3.05) is 0 Å². The van der Waals surface area contributed by atoms with Crippen LogP contribution in [-0.4, -0.2) is 16.0 Å². The first-order valence-corrected chi connectivity index (χ1v) is 3.76. The van der Waals surface area contributed by atoms with Crippen LogP contribution in [0.2, 0.25) is 0 Å². The third-order valence-electron chi connectivity index (χ3n) is 2.16. The smallest absolute Gasteiger partial charge is 0.242 e. The van der Waals surface area contributed by atoms with E-state index < -0.39 is 5.41 Å². The van der Waals surface area contributed by atoms with Crippen molar-refractivity contribution < 1.29 is 9.32 Å². The second-order valence-electron chi connectivity index (χ2n) is 3.09. The van der Waals surface area contributed by atoms with Crippen LogP contribution in [-0.2, 0) is 10.2 Å². The van der Waals surface area contributed by atoms with Crippen molar-refractivity contribution in [2.24, 2.45) is 5.73 Å². The molecule has 0 aromatic carbocycles. The number of rotatable bonds is 2. The summed E-state index contributed by atoms with van der Waals surface area (Å²) in [6.45, 7) is 1.71. The lowest BCUT2D eigenvalue weighted by molar-refractivity contribution is -0.121. The highest BCUT2D eigenvalue weighted by Crippen LogP contribution is 2.46. The van der Waals surface area contributed by atoms with E-state index in [0.717, 1.165) is 12.8 Å². The molecule has 0 radical (unpaired) electrons. The molecule has 1 aliphatic rings. The van der Waals surface area contributed by atoms with Gasteiger partial charge in [-0.25, -0.2) is 0 Å². The molecule has 1 saturated carbocycles. The summed E-state index contributed by atoms with van der Waals surface area (Å²) in [4.78, 5) is 15.0. The zero-order chi connectivity index (χ0) is 8.77. The Morgan fingerprint density at radius 3 is 2.67 bits per heavy atom. The van der Waals surface area contributed by atoms with Crippen molar-refractivity contribution in [1.82, 2.24) is 10.1 Å². The molecule has 12 heavy (non-hydrogen) atoms. The van der Waals surface area contributed by atoms with Gasteiger partial charge in [0.25, 0.3) is 0 Å². The average molecular weight is 167 g/mol. The first-order chi connectivity index (χ1) is 5.65. The number of amides is 1. The Morgan fingerprint density at radius 2 is 2.33 bits per heavy atom. The Bertz CT molecular complexity index is 327. The Labute approximate surface area is 68.9 Å². The number of aromatic nitrogens is 2. The minimum atomic E-state index is -0.638. The molecule has 2 rings (SSSR count). The summed E-state index contributed by atoms with van der Waals surface area (Å²) in [5, 5.41) is 3.61. The lowest BCUT2D eigenvalue weighted by atomic mass is 10.1. The molecule has 0 unspecified atom stereocenters. The van der Waals surface area contributed by atoms with Gasteiger partial charge in [0.15, 0.2) is 5.82 Å². The van der Waals surface area contributed by atoms with Crippen molar-refractivity contribution in [2.45, 2.75) is 25.2 Å². The highest BCUT2D eigenvalue weighted by molar-refractivity contribution is 5.88. The van der Waals surface area contributed by atoms with E-state index in [2.05, 4.69) is 10.1 Å². The minimum absolute atomic E-state index is 0.368. The minimum Gasteiger partial charge on any atom is -0.369 e. The van der Waals surface area contributed by atoms with Gasteiger partial charge in [0.1, 0.15) is 5.41 Å². The molecule has 2 N–H and O–H groups in total. The fourth-order valence-corrected chi connectivity index (χ4v) is 1.18. The normalized spacial score (nSPS) is 19.1. The molecule has 0 saturated heterocycles. The number of nitrogens with zero attached hydrogens (tertiary/aromatic N) is 2. The summed E-state index contributed by atoms with van der Waals surface area (Å²) in [6, 6.07) is 0. The van der Waals surface area contributed by atoms with Crippen molar-refractivity contribution in [3.63, 3.8) is 0 Å². The van der Waals surface area contributed by atoms with E-state index in [9.17, 15) is 4.79 Å². The molecule has 0 aliphatic heterocycles. The third kappa shape index (κ3) is 0.823. The first kappa shape index (κ1) is 7.27. The van der Waals surface area contributed by atoms with E-state index in [1.807, 2.05) is 0 Å². The Kier molecular flexibility index (Phi) is 1.25. The second kappa shape index (κ2) is 2.06. The first-order valence-electron chi connectivity index (χ1n) is 3.76. The van der Waals surface area contributed by atoms with Gasteiger partial charge in [0, 0.05) is 0 Å². The average Bonchev–Trinajstić information content (AvgIpc) is 2.71. The summed E-state index contributed by atoms with van der Waals surface area (Å²) < 4.78 is 4.89. The van der Waals surface area contributed by atoms with Crippen molar-refractivity contribution in [3.05, 3.63) is 11.7 Å². The maximum Gasteiger partial charge on any atom is 0.242 e. The summed E-state index contributed by atoms with van der Waals surface area (Å²) in [5.74, 6) is 0.538. The van der Waals surface area contributed by atoms with Gasteiger partial charge in [-0.05, 0) is 19.8 Å². The number of carbonyl (C=O) groups is 1. The lowest BCUT2D eigenvalue weighted by Crippen LogP contribution is -2.28. The molecular formula is C7H9N3O2. The molecule has 1 fully saturated rings. The molecule has 1 heterocycles. The van der Waals surface area contributed by atoms with E-state index >= 15 is 0 Å². The molecule has 5 nitrogen and oxygen atoms in total. The predicted molar refractivity (Wildman–Crippen MR) is 39.1 cm³/mol. The van der Waals surface area contributed by atoms with Gasteiger partial charge in [-0.15, -0.1) is 0 Å². The quantitative estimate of drug-likeness (QED) is 0.666. The van der Waals surface area contributed by atoms with Crippen molar-refractivity contribution in [1.29, 1.82) is 0 Å². The molecule has 1 amide bonds. The van der Waals surface area contributed by atoms with Crippen LogP contribution < -0.4 is 5.73 Å². The molecule has 1 aromatic heterocycles. The Morgan fingerprint density at radius 1 is 1.67 bits per heavy atom. The summed E-state index contributed by atoms with van der Waals surface area (Å²) in [6.07, 6.45) is 1.45. The Hall–Kier alpha value is -1.39. The van der Waals surface area contributed by atoms with E-state index in [4.69, 9.17) is 10.3 Å². The monoisotopic (exact) mass is 167 g/mol. The zero-order valence-corrected chi connectivity index (χ0v) is 6.70. The van der Waals surface area contributed by atoms with Crippen LogP contribution in [0, 0.1) is 6.92 Å². The van der Waals surface area contributed by atoms with Crippen LogP contribution in [0.1, 0.15) is 24.6 Å². The number of carbonyl (C=O) groups excluding carboxylic acids is 1. The maximum atomic E-state index is 11.0. The van der Waals surface area contributed by atoms with E-state index in [1.165, 1.54) is 0 Å². The van der Waals surface area contributed by atoms with Gasteiger partial charge >= 0.3 is 0 Å². The number of aryl methyl sites for hydroxylation is 1. The predicted octanol–water partition coefficient (Wildman–Crippen LogP) is -0.105. The van der Waals surface area contributed by atoms with Crippen LogP contribution in [0.15, 0.2) is 4.52 Å². The van der Waals surface area contributed by atoms with Crippen LogP contribution in [0.5, 0.6) is 0 Å². The summed E-state index contributed by atoms with van der Waals surface area (Å²) in [5.41, 5.74) is 4.57. The summed E-state index contributed by atoms with van der Waals surface area (Å²) in [7, 11) is 0. The SMILES string of the molecule is Cc1noc(C2(C(N)=O)CC2)n1. The zero-order valence-electron chi connectivity index (χ0n) is 6.70. The van der Waals surface area contributed by atoms with Crippen LogP contribution in [0.3, 0.4) is 0 Å². The summed E-state index contributed by atoms with van der Waals surface area (Å²) >= 11 is 0. The topological polar surface area (TPSA) is 82.0 Å². The molecule has 64 valence electrons. The van der Waals surface area contributed by atoms with Gasteiger partial charge in [0.2, 0.25) is 11.8 Å². The van der Waals surface area contributed by atoms with E-state index in [1.54, 1.807) is 6.92 Å². The standard InChI is InChI=1S/C7H9N3O2/c1-4-9-6(12-10-4)7(2-3-7)5(8)11/h2-3H2,1H3,(H2,8,11). The molecule has 0 bridgehead atoms. The second-order valence-corrected chi connectivity index (χ2v) is 3.09. The number of hydrogen-bond donors (Lipinski definition) is 1. The highest BCUT2D eigenvalue weighted by Gasteiger charge is 2.54. The number of nitrogens with two attached hydrogens (primary N) is 1. The van der Waals surface area contributed by atoms with Gasteiger partial charge in [-0.2, -0.15) is 4.98 Å². The van der Waals surface area contributed by atoms with E-state index in [-0.39, 0.29) is 5.91 Å². The van der Waals surface area contributed by atoms with Crippen LogP contribution >= 0.6 is 0 Å². The third-order valence-corrected chi connectivity index (χ3v) is 2.16. The van der Waals surface area contributed by atoms with Crippen molar-refractivity contribution >= 4 is 5.91 Å². The van der Waals surface area contributed by atoms with E-state index in [0.29, 0.717) is 11.7 Å². The molecule has 5 heteroatoms. The lowest BCUT2D eigenvalue weighted by Gasteiger charge is -2.01. The largest absolute Gasteiger partial charge is 0.369 e. The molecular weight excluding hydrogens is 158 g/mol. The molecule has 0 atom stereocenters. The van der Waals surface area contributed by atoms with Crippen LogP contribution in [0.4, 0.5) is 0 Å².